The van der Waals surface area contributed by atoms with Crippen LogP contribution < -0.4 is 5.32 Å². The second-order valence-electron chi connectivity index (χ2n) is 7.03. The number of hydrogen-bond acceptors (Lipinski definition) is 4. The van der Waals surface area contributed by atoms with Gasteiger partial charge in [-0.15, -0.1) is 0 Å². The van der Waals surface area contributed by atoms with Crippen molar-refractivity contribution in [1.82, 2.24) is 10.3 Å². The lowest BCUT2D eigenvalue weighted by atomic mass is 10.0. The molecular formula is C24H26N2O4. The van der Waals surface area contributed by atoms with Gasteiger partial charge < -0.3 is 20.1 Å². The van der Waals surface area contributed by atoms with Crippen LogP contribution in [0.3, 0.4) is 0 Å². The summed E-state index contributed by atoms with van der Waals surface area (Å²) in [5.41, 5.74) is 3.93. The van der Waals surface area contributed by atoms with Crippen LogP contribution in [0, 0.1) is 0 Å². The van der Waals surface area contributed by atoms with Gasteiger partial charge >= 0.3 is 5.97 Å². The number of esters is 1. The molecule has 3 aromatic rings. The number of unbranched alkanes of at least 4 members (excludes halogenated alkanes) is 2. The van der Waals surface area contributed by atoms with Crippen molar-refractivity contribution in [3.8, 4) is 28.1 Å². The third-order valence-electron chi connectivity index (χ3n) is 4.88. The number of hydrogen-bond donors (Lipinski definition) is 3. The molecule has 0 unspecified atom stereocenters. The highest BCUT2D eigenvalue weighted by molar-refractivity contribution is 6.00. The molecule has 0 saturated heterocycles. The Morgan fingerprint density at radius 3 is 2.40 bits per heavy atom. The minimum Gasteiger partial charge on any atom is -0.508 e. The van der Waals surface area contributed by atoms with Crippen LogP contribution in [0.5, 0.6) is 5.75 Å². The van der Waals surface area contributed by atoms with Gasteiger partial charge in [-0.25, -0.2) is 0 Å². The third kappa shape index (κ3) is 5.50. The SMILES string of the molecule is COC(=O)CCCCCNC(=O)c1[nH]c(-c2ccccc2)cc1-c1ccc(O)cc1. The summed E-state index contributed by atoms with van der Waals surface area (Å²) < 4.78 is 4.63. The molecule has 2 aromatic carbocycles. The number of aromatic nitrogens is 1. The summed E-state index contributed by atoms with van der Waals surface area (Å²) in [5.74, 6) is -0.221. The fourth-order valence-corrected chi connectivity index (χ4v) is 3.24. The van der Waals surface area contributed by atoms with Crippen molar-refractivity contribution >= 4 is 11.9 Å². The number of ether oxygens (including phenoxy) is 1. The Morgan fingerprint density at radius 1 is 0.967 bits per heavy atom. The molecule has 0 aliphatic heterocycles. The van der Waals surface area contributed by atoms with Crippen LogP contribution in [-0.4, -0.2) is 35.6 Å². The number of nitrogens with one attached hydrogen (secondary N) is 2. The minimum absolute atomic E-state index is 0.176. The number of H-pyrrole nitrogens is 1. The number of rotatable bonds is 9. The summed E-state index contributed by atoms with van der Waals surface area (Å²) in [4.78, 5) is 27.3. The number of aromatic amines is 1. The molecule has 1 amide bonds. The predicted octanol–water partition coefficient (Wildman–Crippen LogP) is 4.52. The molecule has 1 aromatic heterocycles. The van der Waals surface area contributed by atoms with Crippen molar-refractivity contribution < 1.29 is 19.4 Å². The quantitative estimate of drug-likeness (QED) is 0.360. The van der Waals surface area contributed by atoms with Gasteiger partial charge in [-0.3, -0.25) is 9.59 Å². The third-order valence-corrected chi connectivity index (χ3v) is 4.88. The monoisotopic (exact) mass is 406 g/mol. The number of phenols is 1. The average molecular weight is 406 g/mol. The normalized spacial score (nSPS) is 10.6. The zero-order chi connectivity index (χ0) is 21.3. The molecule has 156 valence electrons. The van der Waals surface area contributed by atoms with E-state index in [2.05, 4.69) is 15.0 Å². The van der Waals surface area contributed by atoms with Crippen molar-refractivity contribution in [2.45, 2.75) is 25.7 Å². The molecule has 30 heavy (non-hydrogen) atoms. The first-order valence-corrected chi connectivity index (χ1v) is 10.0. The number of methoxy groups -OCH3 is 1. The van der Waals surface area contributed by atoms with Crippen molar-refractivity contribution in [2.24, 2.45) is 0 Å². The number of benzene rings is 2. The number of carbonyl (C=O) groups is 2. The highest BCUT2D eigenvalue weighted by atomic mass is 16.5. The van der Waals surface area contributed by atoms with E-state index >= 15 is 0 Å². The van der Waals surface area contributed by atoms with Crippen LogP contribution in [0.4, 0.5) is 0 Å². The summed E-state index contributed by atoms with van der Waals surface area (Å²) in [6, 6.07) is 18.5. The van der Waals surface area contributed by atoms with E-state index in [4.69, 9.17) is 0 Å². The maximum absolute atomic E-state index is 12.9. The Bertz CT molecular complexity index is 978. The van der Waals surface area contributed by atoms with E-state index in [1.54, 1.807) is 24.3 Å². The van der Waals surface area contributed by atoms with Gasteiger partial charge in [-0.2, -0.15) is 0 Å². The second-order valence-corrected chi connectivity index (χ2v) is 7.03. The first-order valence-electron chi connectivity index (χ1n) is 10.0. The predicted molar refractivity (Wildman–Crippen MR) is 116 cm³/mol. The smallest absolute Gasteiger partial charge is 0.305 e. The van der Waals surface area contributed by atoms with E-state index in [-0.39, 0.29) is 17.6 Å². The Morgan fingerprint density at radius 2 is 1.70 bits per heavy atom. The lowest BCUT2D eigenvalue weighted by Gasteiger charge is -2.07. The molecule has 3 rings (SSSR count). The van der Waals surface area contributed by atoms with Gasteiger partial charge in [0.25, 0.3) is 5.91 Å². The minimum atomic E-state index is -0.211. The van der Waals surface area contributed by atoms with Crippen LogP contribution in [0.15, 0.2) is 60.7 Å². The number of aromatic hydroxyl groups is 1. The van der Waals surface area contributed by atoms with Gasteiger partial charge in [0, 0.05) is 24.2 Å². The summed E-state index contributed by atoms with van der Waals surface area (Å²) in [6.45, 7) is 0.523. The summed E-state index contributed by atoms with van der Waals surface area (Å²) in [5, 5.41) is 12.5. The fraction of sp³-hybridized carbons (Fsp3) is 0.250. The van der Waals surface area contributed by atoms with E-state index < -0.39 is 0 Å². The van der Waals surface area contributed by atoms with Gasteiger partial charge in [-0.1, -0.05) is 48.9 Å². The lowest BCUT2D eigenvalue weighted by Crippen LogP contribution is -2.25. The van der Waals surface area contributed by atoms with Gasteiger partial charge in [0.1, 0.15) is 11.4 Å². The van der Waals surface area contributed by atoms with Gasteiger partial charge in [-0.05, 0) is 42.2 Å². The summed E-state index contributed by atoms with van der Waals surface area (Å²) in [7, 11) is 1.38. The number of carbonyl (C=O) groups excluding carboxylic acids is 2. The van der Waals surface area contributed by atoms with Crippen LogP contribution in [0.1, 0.15) is 36.2 Å². The van der Waals surface area contributed by atoms with Gasteiger partial charge in [0.05, 0.1) is 7.11 Å². The van der Waals surface area contributed by atoms with Gasteiger partial charge in [0.15, 0.2) is 0 Å². The number of phenolic OH excluding ortho intramolecular Hbond substituents is 1. The standard InChI is InChI=1S/C24H26N2O4/c1-30-22(28)10-6-3-7-15-25-24(29)23-20(17-11-13-19(27)14-12-17)16-21(26-23)18-8-4-2-5-9-18/h2,4-5,8-9,11-14,16,26-27H,3,6-7,10,15H2,1H3,(H,25,29). The lowest BCUT2D eigenvalue weighted by molar-refractivity contribution is -0.140. The Kier molecular flexibility index (Phi) is 7.27. The topological polar surface area (TPSA) is 91.4 Å². The Balaban J connectivity index is 1.72. The Labute approximate surface area is 175 Å². The maximum atomic E-state index is 12.9. The van der Waals surface area contributed by atoms with Crippen LogP contribution in [-0.2, 0) is 9.53 Å². The zero-order valence-electron chi connectivity index (χ0n) is 17.0. The highest BCUT2D eigenvalue weighted by Crippen LogP contribution is 2.30. The summed E-state index contributed by atoms with van der Waals surface area (Å²) >= 11 is 0. The molecule has 0 saturated carbocycles. The van der Waals surface area contributed by atoms with E-state index in [0.29, 0.717) is 18.7 Å². The molecule has 0 aliphatic rings. The number of amides is 1. The van der Waals surface area contributed by atoms with Crippen LogP contribution in [0.25, 0.3) is 22.4 Å². The van der Waals surface area contributed by atoms with Crippen LogP contribution >= 0.6 is 0 Å². The molecule has 0 atom stereocenters. The van der Waals surface area contributed by atoms with Crippen molar-refractivity contribution in [2.75, 3.05) is 13.7 Å². The molecule has 0 bridgehead atoms. The zero-order valence-corrected chi connectivity index (χ0v) is 17.0. The molecule has 0 fully saturated rings. The largest absolute Gasteiger partial charge is 0.508 e. The molecule has 0 aliphatic carbocycles. The second kappa shape index (κ2) is 10.3. The van der Waals surface area contributed by atoms with E-state index in [1.807, 2.05) is 36.4 Å². The molecule has 6 heteroatoms. The fourth-order valence-electron chi connectivity index (χ4n) is 3.24. The summed E-state index contributed by atoms with van der Waals surface area (Å²) in [6.07, 6.45) is 2.75. The van der Waals surface area contributed by atoms with E-state index in [9.17, 15) is 14.7 Å². The maximum Gasteiger partial charge on any atom is 0.305 e. The highest BCUT2D eigenvalue weighted by Gasteiger charge is 2.17. The first-order chi connectivity index (χ1) is 14.6. The Hall–Kier alpha value is -3.54. The van der Waals surface area contributed by atoms with Crippen LogP contribution in [0.2, 0.25) is 0 Å². The van der Waals surface area contributed by atoms with E-state index in [0.717, 1.165) is 41.6 Å². The molecule has 1 heterocycles. The molecule has 3 N–H and O–H groups in total. The van der Waals surface area contributed by atoms with Gasteiger partial charge in [0.2, 0.25) is 0 Å². The molecular weight excluding hydrogens is 380 g/mol. The van der Waals surface area contributed by atoms with E-state index in [1.165, 1.54) is 7.11 Å². The van der Waals surface area contributed by atoms with Crippen molar-refractivity contribution in [3.05, 3.63) is 66.4 Å². The molecule has 6 nitrogen and oxygen atoms in total. The van der Waals surface area contributed by atoms with Crippen molar-refractivity contribution in [3.63, 3.8) is 0 Å². The first kappa shape index (κ1) is 21.2. The molecule has 0 spiro atoms. The average Bonchev–Trinajstić information content (AvgIpc) is 3.22. The van der Waals surface area contributed by atoms with Crippen molar-refractivity contribution in [1.29, 1.82) is 0 Å². The molecule has 0 radical (unpaired) electrons.